The summed E-state index contributed by atoms with van der Waals surface area (Å²) in [6, 6.07) is 12.7. The average molecular weight is 296 g/mol. The third kappa shape index (κ3) is 3.19. The highest BCUT2D eigenvalue weighted by atomic mass is 16.3. The van der Waals surface area contributed by atoms with Gasteiger partial charge in [-0.1, -0.05) is 65.8 Å². The molecule has 118 valence electrons. The van der Waals surface area contributed by atoms with Crippen LogP contribution in [-0.2, 0) is 10.8 Å². The number of hydrogen-bond donors (Lipinski definition) is 1. The maximum Gasteiger partial charge on any atom is 0.123 e. The predicted molar refractivity (Wildman–Crippen MR) is 95.7 cm³/mol. The zero-order chi connectivity index (χ0) is 16.7. The van der Waals surface area contributed by atoms with Crippen LogP contribution in [0, 0.1) is 6.92 Å². The van der Waals surface area contributed by atoms with Crippen molar-refractivity contribution in [2.45, 2.75) is 59.3 Å². The molecule has 2 aromatic carbocycles. The summed E-state index contributed by atoms with van der Waals surface area (Å²) in [6.07, 6.45) is 0. The molecule has 0 spiro atoms. The summed E-state index contributed by atoms with van der Waals surface area (Å²) in [5, 5.41) is 10.8. The number of phenolic OH excluding ortho intramolecular Hbond substituents is 1. The quantitative estimate of drug-likeness (QED) is 0.688. The van der Waals surface area contributed by atoms with E-state index in [4.69, 9.17) is 0 Å². The lowest BCUT2D eigenvalue weighted by Gasteiger charge is -2.28. The molecular weight excluding hydrogens is 268 g/mol. The lowest BCUT2D eigenvalue weighted by molar-refractivity contribution is 0.423. The van der Waals surface area contributed by atoms with Gasteiger partial charge in [-0.15, -0.1) is 0 Å². The maximum absolute atomic E-state index is 10.8. The van der Waals surface area contributed by atoms with Crippen LogP contribution < -0.4 is 0 Å². The Morgan fingerprint density at radius 1 is 0.773 bits per heavy atom. The Morgan fingerprint density at radius 2 is 1.23 bits per heavy atom. The molecule has 0 atom stereocenters. The normalized spacial score (nSPS) is 12.5. The van der Waals surface area contributed by atoms with Crippen molar-refractivity contribution < 1.29 is 5.11 Å². The fraction of sp³-hybridized carbons (Fsp3) is 0.429. The number of phenols is 1. The van der Waals surface area contributed by atoms with E-state index in [9.17, 15) is 5.11 Å². The van der Waals surface area contributed by atoms with Gasteiger partial charge in [0.05, 0.1) is 0 Å². The molecule has 1 nitrogen and oxygen atoms in total. The Morgan fingerprint density at radius 3 is 1.64 bits per heavy atom. The highest BCUT2D eigenvalue weighted by Gasteiger charge is 2.26. The van der Waals surface area contributed by atoms with Crippen LogP contribution in [0.4, 0.5) is 0 Å². The van der Waals surface area contributed by atoms with Gasteiger partial charge in [-0.2, -0.15) is 0 Å². The summed E-state index contributed by atoms with van der Waals surface area (Å²) in [4.78, 5) is 0. The molecule has 22 heavy (non-hydrogen) atoms. The molecule has 0 aliphatic rings. The number of hydrogen-bond acceptors (Lipinski definition) is 1. The number of aryl methyl sites for hydroxylation is 1. The second-order valence-corrected chi connectivity index (χ2v) is 8.23. The summed E-state index contributed by atoms with van der Waals surface area (Å²) in [5.41, 5.74) is 5.51. The molecule has 1 heteroatoms. The summed E-state index contributed by atoms with van der Waals surface area (Å²) in [7, 11) is 0. The van der Waals surface area contributed by atoms with E-state index in [1.165, 1.54) is 16.7 Å². The van der Waals surface area contributed by atoms with Crippen molar-refractivity contribution in [1.29, 1.82) is 0 Å². The minimum Gasteiger partial charge on any atom is -0.507 e. The first-order valence-corrected chi connectivity index (χ1v) is 7.96. The molecule has 0 fully saturated rings. The molecule has 2 aromatic rings. The molecular formula is C21H28O. The monoisotopic (exact) mass is 296 g/mol. The van der Waals surface area contributed by atoms with Crippen LogP contribution in [0.1, 0.15) is 58.2 Å². The first-order valence-electron chi connectivity index (χ1n) is 7.96. The molecule has 0 aliphatic heterocycles. The van der Waals surface area contributed by atoms with Gasteiger partial charge in [-0.25, -0.2) is 0 Å². The average Bonchev–Trinajstić information content (AvgIpc) is 2.37. The number of benzene rings is 2. The van der Waals surface area contributed by atoms with E-state index in [-0.39, 0.29) is 10.8 Å². The molecule has 0 saturated carbocycles. The van der Waals surface area contributed by atoms with Crippen LogP contribution in [0.5, 0.6) is 5.75 Å². The molecule has 0 saturated heterocycles. The standard InChI is InChI=1S/C21H28O/c1-14-10-8-9-11-16(14)15-12-17(20(2,3)4)19(22)18(13-15)21(5,6)7/h8-13,22H,1-7H3. The highest BCUT2D eigenvalue weighted by Crippen LogP contribution is 2.42. The van der Waals surface area contributed by atoms with Gasteiger partial charge >= 0.3 is 0 Å². The Labute approximate surface area is 135 Å². The fourth-order valence-electron chi connectivity index (χ4n) is 2.83. The molecule has 0 bridgehead atoms. The van der Waals surface area contributed by atoms with Crippen LogP contribution in [0.25, 0.3) is 11.1 Å². The van der Waals surface area contributed by atoms with E-state index in [0.29, 0.717) is 5.75 Å². The molecule has 1 N–H and O–H groups in total. The van der Waals surface area contributed by atoms with Crippen molar-refractivity contribution in [2.24, 2.45) is 0 Å². The highest BCUT2D eigenvalue weighted by molar-refractivity contribution is 5.71. The van der Waals surface area contributed by atoms with Crippen molar-refractivity contribution in [3.05, 3.63) is 53.1 Å². The van der Waals surface area contributed by atoms with E-state index < -0.39 is 0 Å². The van der Waals surface area contributed by atoms with Crippen molar-refractivity contribution in [3.63, 3.8) is 0 Å². The fourth-order valence-corrected chi connectivity index (χ4v) is 2.83. The maximum atomic E-state index is 10.8. The molecule has 0 aromatic heterocycles. The van der Waals surface area contributed by atoms with Crippen molar-refractivity contribution in [2.75, 3.05) is 0 Å². The van der Waals surface area contributed by atoms with Crippen LogP contribution in [0.3, 0.4) is 0 Å². The molecule has 0 amide bonds. The third-order valence-electron chi connectivity index (χ3n) is 4.18. The van der Waals surface area contributed by atoms with Gasteiger partial charge in [0.1, 0.15) is 5.75 Å². The van der Waals surface area contributed by atoms with Gasteiger partial charge in [0, 0.05) is 11.1 Å². The van der Waals surface area contributed by atoms with Gasteiger partial charge < -0.3 is 5.11 Å². The van der Waals surface area contributed by atoms with Gasteiger partial charge in [-0.3, -0.25) is 0 Å². The van der Waals surface area contributed by atoms with Gasteiger partial charge in [0.15, 0.2) is 0 Å². The Balaban J connectivity index is 2.80. The molecule has 0 unspecified atom stereocenters. The van der Waals surface area contributed by atoms with Crippen LogP contribution in [0.15, 0.2) is 36.4 Å². The van der Waals surface area contributed by atoms with Crippen LogP contribution in [-0.4, -0.2) is 5.11 Å². The molecule has 0 aliphatic carbocycles. The largest absolute Gasteiger partial charge is 0.507 e. The summed E-state index contributed by atoms with van der Waals surface area (Å²) in [6.45, 7) is 15.0. The lowest BCUT2D eigenvalue weighted by atomic mass is 9.77. The van der Waals surface area contributed by atoms with Gasteiger partial charge in [-0.05, 0) is 46.6 Å². The van der Waals surface area contributed by atoms with E-state index >= 15 is 0 Å². The summed E-state index contributed by atoms with van der Waals surface area (Å²) >= 11 is 0. The SMILES string of the molecule is Cc1ccccc1-c1cc(C(C)(C)C)c(O)c(C(C)(C)C)c1. The molecule has 0 radical (unpaired) electrons. The first kappa shape index (κ1) is 16.6. The van der Waals surface area contributed by atoms with E-state index in [0.717, 1.165) is 11.1 Å². The first-order chi connectivity index (χ1) is 10.0. The van der Waals surface area contributed by atoms with Crippen molar-refractivity contribution in [3.8, 4) is 16.9 Å². The Kier molecular flexibility index (Phi) is 4.12. The second kappa shape index (κ2) is 5.46. The van der Waals surface area contributed by atoms with E-state index in [1.54, 1.807) is 0 Å². The Bertz CT molecular complexity index is 647. The van der Waals surface area contributed by atoms with Gasteiger partial charge in [0.25, 0.3) is 0 Å². The van der Waals surface area contributed by atoms with Gasteiger partial charge in [0.2, 0.25) is 0 Å². The lowest BCUT2D eigenvalue weighted by Crippen LogP contribution is -2.17. The van der Waals surface area contributed by atoms with Crippen LogP contribution >= 0.6 is 0 Å². The third-order valence-corrected chi connectivity index (χ3v) is 4.18. The second-order valence-electron chi connectivity index (χ2n) is 8.23. The van der Waals surface area contributed by atoms with E-state index in [1.807, 2.05) is 0 Å². The summed E-state index contributed by atoms with van der Waals surface area (Å²) in [5.74, 6) is 0.442. The topological polar surface area (TPSA) is 20.2 Å². The minimum absolute atomic E-state index is 0.0945. The summed E-state index contributed by atoms with van der Waals surface area (Å²) < 4.78 is 0. The minimum atomic E-state index is -0.0945. The number of rotatable bonds is 1. The smallest absolute Gasteiger partial charge is 0.123 e. The predicted octanol–water partition coefficient (Wildman–Crippen LogP) is 5.96. The number of aromatic hydroxyl groups is 1. The van der Waals surface area contributed by atoms with E-state index in [2.05, 4.69) is 84.9 Å². The molecule has 0 heterocycles. The zero-order valence-corrected chi connectivity index (χ0v) is 14.9. The molecule has 2 rings (SSSR count). The zero-order valence-electron chi connectivity index (χ0n) is 14.9. The Hall–Kier alpha value is -1.76. The van der Waals surface area contributed by atoms with Crippen LogP contribution in [0.2, 0.25) is 0 Å². The van der Waals surface area contributed by atoms with Crippen molar-refractivity contribution >= 4 is 0 Å². The van der Waals surface area contributed by atoms with Crippen molar-refractivity contribution in [1.82, 2.24) is 0 Å².